The zero-order chi connectivity index (χ0) is 11.4. The zero-order valence-corrected chi connectivity index (χ0v) is 10.1. The fraction of sp³-hybridized carbons (Fsp3) is 0.909. The number of carbonyl (C=O) groups excluding carboxylic acids is 1. The van der Waals surface area contributed by atoms with Crippen LogP contribution in [0.15, 0.2) is 0 Å². The van der Waals surface area contributed by atoms with E-state index in [0.29, 0.717) is 18.9 Å². The molecule has 0 rings (SSSR count). The molecule has 0 spiro atoms. The van der Waals surface area contributed by atoms with E-state index < -0.39 is 0 Å². The summed E-state index contributed by atoms with van der Waals surface area (Å²) >= 11 is 0. The maximum Gasteiger partial charge on any atom is 0.222 e. The van der Waals surface area contributed by atoms with Crippen LogP contribution in [0, 0.1) is 11.3 Å². The summed E-state index contributed by atoms with van der Waals surface area (Å²) in [5, 5.41) is 0. The van der Waals surface area contributed by atoms with Crippen molar-refractivity contribution in [2.45, 2.75) is 34.1 Å². The zero-order valence-electron chi connectivity index (χ0n) is 10.1. The molecule has 0 bridgehead atoms. The highest BCUT2D eigenvalue weighted by Gasteiger charge is 2.21. The maximum atomic E-state index is 11.6. The van der Waals surface area contributed by atoms with Gasteiger partial charge in [0.05, 0.1) is 0 Å². The lowest BCUT2D eigenvalue weighted by molar-refractivity contribution is -0.131. The van der Waals surface area contributed by atoms with Crippen molar-refractivity contribution < 1.29 is 4.79 Å². The van der Waals surface area contributed by atoms with Crippen LogP contribution < -0.4 is 5.73 Å². The van der Waals surface area contributed by atoms with Gasteiger partial charge >= 0.3 is 0 Å². The van der Waals surface area contributed by atoms with Crippen LogP contribution in [-0.2, 0) is 4.79 Å². The minimum Gasteiger partial charge on any atom is -0.345 e. The minimum absolute atomic E-state index is 0.0153. The van der Waals surface area contributed by atoms with Gasteiger partial charge in [-0.15, -0.1) is 0 Å². The predicted octanol–water partition coefficient (Wildman–Crippen LogP) is 1.48. The first-order valence-corrected chi connectivity index (χ1v) is 5.22. The van der Waals surface area contributed by atoms with Crippen LogP contribution in [0.1, 0.15) is 34.1 Å². The third-order valence-corrected chi connectivity index (χ3v) is 2.23. The maximum absolute atomic E-state index is 11.6. The lowest BCUT2D eigenvalue weighted by Gasteiger charge is -2.29. The number of amides is 1. The van der Waals surface area contributed by atoms with E-state index in [0.717, 1.165) is 6.54 Å². The van der Waals surface area contributed by atoms with Crippen molar-refractivity contribution in [2.75, 3.05) is 20.1 Å². The van der Waals surface area contributed by atoms with Crippen molar-refractivity contribution in [1.82, 2.24) is 4.90 Å². The molecule has 0 unspecified atom stereocenters. The number of nitrogens with two attached hydrogens (primary N) is 1. The van der Waals surface area contributed by atoms with Gasteiger partial charge in [-0.2, -0.15) is 0 Å². The Labute approximate surface area is 87.6 Å². The molecule has 0 saturated heterocycles. The molecule has 0 atom stereocenters. The Bertz CT molecular complexity index is 188. The minimum atomic E-state index is 0.0153. The molecule has 0 aromatic heterocycles. The van der Waals surface area contributed by atoms with Crippen LogP contribution in [0.5, 0.6) is 0 Å². The molecule has 0 heterocycles. The Morgan fingerprint density at radius 1 is 1.43 bits per heavy atom. The highest BCUT2D eigenvalue weighted by Crippen LogP contribution is 2.15. The summed E-state index contributed by atoms with van der Waals surface area (Å²) in [7, 11) is 1.85. The fourth-order valence-corrected chi connectivity index (χ4v) is 1.30. The summed E-state index contributed by atoms with van der Waals surface area (Å²) in [6.07, 6.45) is 0.622. The van der Waals surface area contributed by atoms with Gasteiger partial charge in [0.1, 0.15) is 0 Å². The Hall–Kier alpha value is -0.570. The third kappa shape index (κ3) is 5.22. The second kappa shape index (κ2) is 5.35. The Morgan fingerprint density at radius 2 is 1.93 bits per heavy atom. The quantitative estimate of drug-likeness (QED) is 0.730. The van der Waals surface area contributed by atoms with Gasteiger partial charge in [-0.3, -0.25) is 4.79 Å². The molecule has 0 fully saturated rings. The molecule has 14 heavy (non-hydrogen) atoms. The van der Waals surface area contributed by atoms with E-state index in [9.17, 15) is 4.79 Å². The van der Waals surface area contributed by atoms with Gasteiger partial charge in [-0.1, -0.05) is 27.7 Å². The molecule has 3 nitrogen and oxygen atoms in total. The lowest BCUT2D eigenvalue weighted by Crippen LogP contribution is -2.40. The predicted molar refractivity (Wildman–Crippen MR) is 59.9 cm³/mol. The van der Waals surface area contributed by atoms with E-state index in [4.69, 9.17) is 5.73 Å². The molecule has 3 heteroatoms. The summed E-state index contributed by atoms with van der Waals surface area (Å²) in [6, 6.07) is 0. The Morgan fingerprint density at radius 3 is 2.29 bits per heavy atom. The molecule has 0 aliphatic rings. The van der Waals surface area contributed by atoms with Crippen LogP contribution in [0.4, 0.5) is 0 Å². The topological polar surface area (TPSA) is 46.3 Å². The molecule has 0 aromatic rings. The summed E-state index contributed by atoms with van der Waals surface area (Å²) in [5.74, 6) is 0.632. The first-order chi connectivity index (χ1) is 6.28. The average Bonchev–Trinajstić information content (AvgIpc) is 2.02. The summed E-state index contributed by atoms with van der Waals surface area (Å²) in [6.45, 7) is 9.60. The molecule has 2 N–H and O–H groups in total. The lowest BCUT2D eigenvalue weighted by atomic mass is 9.93. The summed E-state index contributed by atoms with van der Waals surface area (Å²) < 4.78 is 0. The molecule has 0 aromatic carbocycles. The highest BCUT2D eigenvalue weighted by molar-refractivity contribution is 5.76. The molecule has 0 radical (unpaired) electrons. The number of carbonyl (C=O) groups is 1. The van der Waals surface area contributed by atoms with E-state index in [1.807, 2.05) is 7.05 Å². The second-order valence-corrected chi connectivity index (χ2v) is 5.22. The van der Waals surface area contributed by atoms with Crippen molar-refractivity contribution >= 4 is 5.91 Å². The van der Waals surface area contributed by atoms with E-state index in [1.54, 1.807) is 4.90 Å². The summed E-state index contributed by atoms with van der Waals surface area (Å²) in [4.78, 5) is 13.4. The Kier molecular flexibility index (Phi) is 5.13. The SMILES string of the molecule is CC(C)CC(=O)N(C)CC(C)(C)CN. The number of hydrogen-bond donors (Lipinski definition) is 1. The molecule has 0 aliphatic carbocycles. The van der Waals surface area contributed by atoms with Crippen LogP contribution in [0.2, 0.25) is 0 Å². The smallest absolute Gasteiger partial charge is 0.222 e. The standard InChI is InChI=1S/C11H24N2O/c1-9(2)6-10(14)13(5)8-11(3,4)7-12/h9H,6-8,12H2,1-5H3. The van der Waals surface area contributed by atoms with Gasteiger partial charge < -0.3 is 10.6 Å². The average molecular weight is 200 g/mol. The first-order valence-electron chi connectivity index (χ1n) is 5.22. The van der Waals surface area contributed by atoms with Gasteiger partial charge in [0.25, 0.3) is 0 Å². The number of nitrogens with zero attached hydrogens (tertiary/aromatic N) is 1. The van der Waals surface area contributed by atoms with Crippen LogP contribution in [-0.4, -0.2) is 30.9 Å². The molecule has 1 amide bonds. The van der Waals surface area contributed by atoms with Crippen molar-refractivity contribution in [1.29, 1.82) is 0 Å². The van der Waals surface area contributed by atoms with Gasteiger partial charge in [-0.25, -0.2) is 0 Å². The van der Waals surface area contributed by atoms with Gasteiger partial charge in [0, 0.05) is 20.0 Å². The largest absolute Gasteiger partial charge is 0.345 e. The van der Waals surface area contributed by atoms with Crippen molar-refractivity contribution in [3.63, 3.8) is 0 Å². The van der Waals surface area contributed by atoms with E-state index in [-0.39, 0.29) is 11.3 Å². The fourth-order valence-electron chi connectivity index (χ4n) is 1.30. The van der Waals surface area contributed by atoms with Crippen LogP contribution in [0.25, 0.3) is 0 Å². The van der Waals surface area contributed by atoms with Gasteiger partial charge in [0.2, 0.25) is 5.91 Å². The number of hydrogen-bond acceptors (Lipinski definition) is 2. The van der Waals surface area contributed by atoms with E-state index >= 15 is 0 Å². The summed E-state index contributed by atoms with van der Waals surface area (Å²) in [5.41, 5.74) is 5.63. The van der Waals surface area contributed by atoms with Crippen molar-refractivity contribution in [3.8, 4) is 0 Å². The van der Waals surface area contributed by atoms with Crippen molar-refractivity contribution in [3.05, 3.63) is 0 Å². The van der Waals surface area contributed by atoms with E-state index in [2.05, 4.69) is 27.7 Å². The second-order valence-electron chi connectivity index (χ2n) is 5.22. The molecular weight excluding hydrogens is 176 g/mol. The third-order valence-electron chi connectivity index (χ3n) is 2.23. The Balaban J connectivity index is 4.07. The van der Waals surface area contributed by atoms with Crippen LogP contribution >= 0.6 is 0 Å². The van der Waals surface area contributed by atoms with Crippen molar-refractivity contribution in [2.24, 2.45) is 17.1 Å². The molecular formula is C11H24N2O. The van der Waals surface area contributed by atoms with Crippen LogP contribution in [0.3, 0.4) is 0 Å². The van der Waals surface area contributed by atoms with Gasteiger partial charge in [0.15, 0.2) is 0 Å². The van der Waals surface area contributed by atoms with E-state index in [1.165, 1.54) is 0 Å². The molecule has 0 saturated carbocycles. The normalized spacial score (nSPS) is 11.9. The monoisotopic (exact) mass is 200 g/mol. The molecule has 84 valence electrons. The molecule has 0 aliphatic heterocycles. The number of rotatable bonds is 5. The highest BCUT2D eigenvalue weighted by atomic mass is 16.2. The van der Waals surface area contributed by atoms with Gasteiger partial charge in [-0.05, 0) is 17.9 Å². The first kappa shape index (κ1) is 13.4.